The van der Waals surface area contributed by atoms with Crippen molar-refractivity contribution in [2.24, 2.45) is 0 Å². The van der Waals surface area contributed by atoms with E-state index in [1.54, 1.807) is 18.7 Å². The molecule has 0 spiro atoms. The zero-order valence-electron chi connectivity index (χ0n) is 7.22. The molecule has 0 atom stereocenters. The minimum absolute atomic E-state index is 0.702. The first-order chi connectivity index (χ1) is 6.40. The highest BCUT2D eigenvalue weighted by atomic mass is 15.0. The number of nitrogens with zero attached hydrogens (tertiary/aromatic N) is 3. The summed E-state index contributed by atoms with van der Waals surface area (Å²) in [5.41, 5.74) is 1.98. The SMILES string of the molecule is [CH2]Cn1cnc(-c2cccnc2)c1. The predicted molar refractivity (Wildman–Crippen MR) is 50.8 cm³/mol. The molecule has 2 rings (SSSR count). The Hall–Kier alpha value is -1.64. The monoisotopic (exact) mass is 172 g/mol. The summed E-state index contributed by atoms with van der Waals surface area (Å²) in [7, 11) is 0. The van der Waals surface area contributed by atoms with Crippen molar-refractivity contribution in [3.05, 3.63) is 44.0 Å². The molecule has 2 heterocycles. The molecule has 0 aliphatic rings. The Morgan fingerprint density at radius 3 is 3.00 bits per heavy atom. The van der Waals surface area contributed by atoms with Crippen LogP contribution in [0.3, 0.4) is 0 Å². The lowest BCUT2D eigenvalue weighted by atomic mass is 10.2. The quantitative estimate of drug-likeness (QED) is 0.691. The van der Waals surface area contributed by atoms with E-state index in [1.165, 1.54) is 0 Å². The Morgan fingerprint density at radius 2 is 2.38 bits per heavy atom. The van der Waals surface area contributed by atoms with Crippen molar-refractivity contribution in [2.75, 3.05) is 0 Å². The van der Waals surface area contributed by atoms with Gasteiger partial charge in [0.2, 0.25) is 0 Å². The van der Waals surface area contributed by atoms with E-state index < -0.39 is 0 Å². The van der Waals surface area contributed by atoms with E-state index in [0.29, 0.717) is 6.54 Å². The Bertz CT molecular complexity index is 378. The molecular weight excluding hydrogens is 162 g/mol. The first kappa shape index (κ1) is 7.98. The second kappa shape index (κ2) is 3.39. The van der Waals surface area contributed by atoms with Gasteiger partial charge < -0.3 is 4.57 Å². The van der Waals surface area contributed by atoms with E-state index in [2.05, 4.69) is 16.9 Å². The minimum atomic E-state index is 0.702. The zero-order chi connectivity index (χ0) is 9.10. The summed E-state index contributed by atoms with van der Waals surface area (Å²) in [6.45, 7) is 4.47. The van der Waals surface area contributed by atoms with E-state index in [9.17, 15) is 0 Å². The van der Waals surface area contributed by atoms with E-state index in [0.717, 1.165) is 11.3 Å². The van der Waals surface area contributed by atoms with Crippen LogP contribution in [0.15, 0.2) is 37.1 Å². The van der Waals surface area contributed by atoms with Gasteiger partial charge in [-0.05, 0) is 19.1 Å². The standard InChI is InChI=1S/C10H10N3/c1-2-13-7-10(12-8-13)9-4-3-5-11-6-9/h3-8H,1-2H2. The molecule has 13 heavy (non-hydrogen) atoms. The van der Waals surface area contributed by atoms with Crippen molar-refractivity contribution in [1.82, 2.24) is 14.5 Å². The highest BCUT2D eigenvalue weighted by molar-refractivity contribution is 5.56. The molecule has 0 aliphatic carbocycles. The molecule has 3 nitrogen and oxygen atoms in total. The van der Waals surface area contributed by atoms with Gasteiger partial charge in [-0.1, -0.05) is 0 Å². The highest BCUT2D eigenvalue weighted by Crippen LogP contribution is 2.14. The number of rotatable bonds is 2. The highest BCUT2D eigenvalue weighted by Gasteiger charge is 1.99. The van der Waals surface area contributed by atoms with Crippen molar-refractivity contribution in [3.63, 3.8) is 0 Å². The molecule has 0 aliphatic heterocycles. The van der Waals surface area contributed by atoms with Crippen LogP contribution in [0.25, 0.3) is 11.3 Å². The van der Waals surface area contributed by atoms with Crippen LogP contribution in [0.4, 0.5) is 0 Å². The number of hydrogen-bond acceptors (Lipinski definition) is 2. The third-order valence-corrected chi connectivity index (χ3v) is 1.85. The second-order valence-corrected chi connectivity index (χ2v) is 2.74. The summed E-state index contributed by atoms with van der Waals surface area (Å²) in [6, 6.07) is 3.89. The maximum absolute atomic E-state index is 4.24. The number of aromatic nitrogens is 3. The van der Waals surface area contributed by atoms with Crippen LogP contribution in [0.2, 0.25) is 0 Å². The van der Waals surface area contributed by atoms with Gasteiger partial charge in [0, 0.05) is 30.7 Å². The summed E-state index contributed by atoms with van der Waals surface area (Å²) < 4.78 is 1.93. The van der Waals surface area contributed by atoms with Gasteiger partial charge in [-0.3, -0.25) is 4.98 Å². The molecule has 2 aromatic rings. The number of pyridine rings is 1. The molecule has 0 saturated heterocycles. The van der Waals surface area contributed by atoms with Gasteiger partial charge in [0.1, 0.15) is 0 Å². The van der Waals surface area contributed by atoms with Crippen LogP contribution in [-0.2, 0) is 6.54 Å². The van der Waals surface area contributed by atoms with Crippen molar-refractivity contribution < 1.29 is 0 Å². The van der Waals surface area contributed by atoms with E-state index in [1.807, 2.05) is 22.9 Å². The summed E-state index contributed by atoms with van der Waals surface area (Å²) in [5, 5.41) is 0. The molecule has 0 bridgehead atoms. The average Bonchev–Trinajstić information content (AvgIpc) is 2.67. The van der Waals surface area contributed by atoms with Crippen molar-refractivity contribution >= 4 is 0 Å². The van der Waals surface area contributed by atoms with Gasteiger partial charge in [-0.2, -0.15) is 0 Å². The fourth-order valence-corrected chi connectivity index (χ4v) is 1.15. The van der Waals surface area contributed by atoms with Gasteiger partial charge in [0.05, 0.1) is 12.0 Å². The lowest BCUT2D eigenvalue weighted by molar-refractivity contribution is 0.818. The van der Waals surface area contributed by atoms with E-state index in [-0.39, 0.29) is 0 Å². The third-order valence-electron chi connectivity index (χ3n) is 1.85. The summed E-state index contributed by atoms with van der Waals surface area (Å²) >= 11 is 0. The van der Waals surface area contributed by atoms with Gasteiger partial charge in [0.15, 0.2) is 0 Å². The Balaban J connectivity index is 2.36. The second-order valence-electron chi connectivity index (χ2n) is 2.74. The maximum Gasteiger partial charge on any atom is 0.0953 e. The first-order valence-electron chi connectivity index (χ1n) is 4.11. The van der Waals surface area contributed by atoms with E-state index >= 15 is 0 Å². The van der Waals surface area contributed by atoms with E-state index in [4.69, 9.17) is 0 Å². The summed E-state index contributed by atoms with van der Waals surface area (Å²) in [4.78, 5) is 8.27. The fourth-order valence-electron chi connectivity index (χ4n) is 1.15. The lowest BCUT2D eigenvalue weighted by Crippen LogP contribution is -1.87. The zero-order valence-corrected chi connectivity index (χ0v) is 7.22. The average molecular weight is 172 g/mol. The summed E-state index contributed by atoms with van der Waals surface area (Å²) in [6.07, 6.45) is 7.29. The molecule has 3 heteroatoms. The predicted octanol–water partition coefficient (Wildman–Crippen LogP) is 1.78. The molecule has 0 N–H and O–H groups in total. The number of imidazole rings is 1. The molecule has 0 unspecified atom stereocenters. The molecule has 2 aromatic heterocycles. The van der Waals surface area contributed by atoms with Gasteiger partial charge in [-0.15, -0.1) is 0 Å². The third kappa shape index (κ3) is 1.59. The maximum atomic E-state index is 4.24. The van der Waals surface area contributed by atoms with Crippen molar-refractivity contribution in [1.29, 1.82) is 0 Å². The molecule has 0 fully saturated rings. The molecule has 65 valence electrons. The minimum Gasteiger partial charge on any atom is -0.337 e. The van der Waals surface area contributed by atoms with Crippen LogP contribution >= 0.6 is 0 Å². The van der Waals surface area contributed by atoms with Crippen LogP contribution in [0.5, 0.6) is 0 Å². The van der Waals surface area contributed by atoms with Gasteiger partial charge >= 0.3 is 0 Å². The Labute approximate surface area is 77.1 Å². The van der Waals surface area contributed by atoms with Crippen LogP contribution in [0.1, 0.15) is 0 Å². The lowest BCUT2D eigenvalue weighted by Gasteiger charge is -1.93. The van der Waals surface area contributed by atoms with Crippen molar-refractivity contribution in [3.8, 4) is 11.3 Å². The first-order valence-corrected chi connectivity index (χ1v) is 4.11. The molecule has 1 radical (unpaired) electrons. The smallest absolute Gasteiger partial charge is 0.0953 e. The molecule has 0 saturated carbocycles. The largest absolute Gasteiger partial charge is 0.337 e. The number of hydrogen-bond donors (Lipinski definition) is 0. The Kier molecular flexibility index (Phi) is 2.08. The normalized spacial score (nSPS) is 10.2. The van der Waals surface area contributed by atoms with Gasteiger partial charge in [-0.25, -0.2) is 4.98 Å². The van der Waals surface area contributed by atoms with Gasteiger partial charge in [0.25, 0.3) is 0 Å². The van der Waals surface area contributed by atoms with Crippen molar-refractivity contribution in [2.45, 2.75) is 6.54 Å². The molecular formula is C10H10N3. The topological polar surface area (TPSA) is 30.7 Å². The fraction of sp³-hybridized carbons (Fsp3) is 0.100. The molecule has 0 aromatic carbocycles. The van der Waals surface area contributed by atoms with Crippen LogP contribution < -0.4 is 0 Å². The Morgan fingerprint density at radius 1 is 1.46 bits per heavy atom. The van der Waals surface area contributed by atoms with Crippen LogP contribution in [-0.4, -0.2) is 14.5 Å². The van der Waals surface area contributed by atoms with Crippen LogP contribution in [0, 0.1) is 6.92 Å². The summed E-state index contributed by atoms with van der Waals surface area (Å²) in [5.74, 6) is 0. The molecule has 0 amide bonds.